The maximum absolute atomic E-state index is 11.6. The summed E-state index contributed by atoms with van der Waals surface area (Å²) in [5, 5.41) is 9.74. The van der Waals surface area contributed by atoms with Crippen molar-refractivity contribution < 1.29 is 13.5 Å². The molecule has 14 heavy (non-hydrogen) atoms. The zero-order valence-corrected chi connectivity index (χ0v) is 9.26. The average molecular weight is 222 g/mol. The molecule has 1 heterocycles. The monoisotopic (exact) mass is 222 g/mol. The van der Waals surface area contributed by atoms with Crippen LogP contribution < -0.4 is 5.73 Å². The molecule has 0 saturated carbocycles. The molecule has 1 rings (SSSR count). The Bertz CT molecular complexity index is 287. The molecule has 1 aliphatic heterocycles. The van der Waals surface area contributed by atoms with Crippen LogP contribution in [0.4, 0.5) is 0 Å². The largest absolute Gasteiger partial charge is 0.389 e. The van der Waals surface area contributed by atoms with E-state index in [2.05, 4.69) is 0 Å². The van der Waals surface area contributed by atoms with Crippen LogP contribution in [0, 0.1) is 0 Å². The summed E-state index contributed by atoms with van der Waals surface area (Å²) in [5.74, 6) is -0.0386. The summed E-state index contributed by atoms with van der Waals surface area (Å²) in [5.41, 5.74) is 4.33. The summed E-state index contributed by atoms with van der Waals surface area (Å²) < 4.78 is 24.6. The van der Waals surface area contributed by atoms with Crippen molar-refractivity contribution in [1.29, 1.82) is 0 Å². The van der Waals surface area contributed by atoms with Crippen molar-refractivity contribution >= 4 is 10.0 Å². The molecule has 1 unspecified atom stereocenters. The van der Waals surface area contributed by atoms with Crippen molar-refractivity contribution in [2.45, 2.75) is 25.4 Å². The van der Waals surface area contributed by atoms with Gasteiger partial charge in [-0.3, -0.25) is 0 Å². The number of sulfonamides is 1. The van der Waals surface area contributed by atoms with E-state index < -0.39 is 15.6 Å². The lowest BCUT2D eigenvalue weighted by Crippen LogP contribution is -2.49. The van der Waals surface area contributed by atoms with Gasteiger partial charge in [-0.2, -0.15) is 4.31 Å². The van der Waals surface area contributed by atoms with Crippen LogP contribution in [0.3, 0.4) is 0 Å². The molecule has 1 fully saturated rings. The highest BCUT2D eigenvalue weighted by atomic mass is 32.2. The minimum Gasteiger partial charge on any atom is -0.389 e. The van der Waals surface area contributed by atoms with Crippen molar-refractivity contribution in [3.63, 3.8) is 0 Å². The topological polar surface area (TPSA) is 83.6 Å². The number of β-amino-alcohol motifs (C(OH)–C–C–N with tert-alkyl or cyclic N) is 1. The van der Waals surface area contributed by atoms with E-state index in [-0.39, 0.29) is 18.8 Å². The van der Waals surface area contributed by atoms with Gasteiger partial charge in [-0.25, -0.2) is 8.42 Å². The van der Waals surface area contributed by atoms with Gasteiger partial charge in [0.1, 0.15) is 0 Å². The first-order valence-corrected chi connectivity index (χ1v) is 6.39. The standard InChI is InChI=1S/C8H18N2O3S/c1-8(11)3-2-5-10(7-8)14(12,13)6-4-9/h11H,2-7,9H2,1H3. The maximum atomic E-state index is 11.6. The van der Waals surface area contributed by atoms with Gasteiger partial charge >= 0.3 is 0 Å². The number of piperidine rings is 1. The Morgan fingerprint density at radius 3 is 2.71 bits per heavy atom. The van der Waals surface area contributed by atoms with Gasteiger partial charge in [0.15, 0.2) is 0 Å². The first-order chi connectivity index (χ1) is 6.37. The predicted octanol–water partition coefficient (Wildman–Crippen LogP) is -0.878. The van der Waals surface area contributed by atoms with Crippen molar-refractivity contribution in [3.05, 3.63) is 0 Å². The van der Waals surface area contributed by atoms with Crippen molar-refractivity contribution in [1.82, 2.24) is 4.31 Å². The molecule has 1 aliphatic rings. The van der Waals surface area contributed by atoms with Crippen LogP contribution in [-0.4, -0.2) is 48.8 Å². The van der Waals surface area contributed by atoms with E-state index in [1.54, 1.807) is 6.92 Å². The lowest BCUT2D eigenvalue weighted by molar-refractivity contribution is 0.00943. The Hall–Kier alpha value is -0.170. The van der Waals surface area contributed by atoms with Crippen molar-refractivity contribution in [2.24, 2.45) is 5.73 Å². The van der Waals surface area contributed by atoms with Crippen LogP contribution >= 0.6 is 0 Å². The molecule has 84 valence electrons. The SMILES string of the molecule is CC1(O)CCCN(S(=O)(=O)CCN)C1. The molecule has 0 aliphatic carbocycles. The first-order valence-electron chi connectivity index (χ1n) is 4.78. The van der Waals surface area contributed by atoms with E-state index in [0.29, 0.717) is 19.4 Å². The zero-order chi connectivity index (χ0) is 10.8. The fraction of sp³-hybridized carbons (Fsp3) is 1.00. The first kappa shape index (κ1) is 11.9. The van der Waals surface area contributed by atoms with Gasteiger partial charge in [-0.05, 0) is 19.8 Å². The van der Waals surface area contributed by atoms with E-state index in [1.165, 1.54) is 4.31 Å². The van der Waals surface area contributed by atoms with Crippen LogP contribution in [0.5, 0.6) is 0 Å². The Kier molecular flexibility index (Phi) is 3.52. The summed E-state index contributed by atoms with van der Waals surface area (Å²) in [6.45, 7) is 2.48. The van der Waals surface area contributed by atoms with Crippen LogP contribution in [-0.2, 0) is 10.0 Å². The molecule has 1 saturated heterocycles. The number of nitrogens with zero attached hydrogens (tertiary/aromatic N) is 1. The smallest absolute Gasteiger partial charge is 0.215 e. The van der Waals surface area contributed by atoms with Crippen LogP contribution in [0.1, 0.15) is 19.8 Å². The number of rotatable bonds is 3. The second-order valence-corrected chi connectivity index (χ2v) is 6.13. The Morgan fingerprint density at radius 1 is 1.57 bits per heavy atom. The minimum absolute atomic E-state index is 0.0386. The third-order valence-corrected chi connectivity index (χ3v) is 4.26. The van der Waals surface area contributed by atoms with E-state index in [9.17, 15) is 13.5 Å². The molecular weight excluding hydrogens is 204 g/mol. The van der Waals surface area contributed by atoms with Gasteiger partial charge in [0.2, 0.25) is 10.0 Å². The number of nitrogens with two attached hydrogens (primary N) is 1. The van der Waals surface area contributed by atoms with Gasteiger partial charge < -0.3 is 10.8 Å². The van der Waals surface area contributed by atoms with Crippen LogP contribution in [0.25, 0.3) is 0 Å². The van der Waals surface area contributed by atoms with E-state index in [1.807, 2.05) is 0 Å². The van der Waals surface area contributed by atoms with Gasteiger partial charge in [0.25, 0.3) is 0 Å². The molecule has 0 radical (unpaired) electrons. The predicted molar refractivity (Wildman–Crippen MR) is 54.3 cm³/mol. The third-order valence-electron chi connectivity index (χ3n) is 2.41. The molecule has 0 aromatic carbocycles. The highest BCUT2D eigenvalue weighted by Crippen LogP contribution is 2.22. The summed E-state index contributed by atoms with van der Waals surface area (Å²) in [4.78, 5) is 0. The highest BCUT2D eigenvalue weighted by molar-refractivity contribution is 7.89. The lowest BCUT2D eigenvalue weighted by atomic mass is 9.97. The van der Waals surface area contributed by atoms with Crippen LogP contribution in [0.2, 0.25) is 0 Å². The van der Waals surface area contributed by atoms with E-state index in [0.717, 1.165) is 0 Å². The third kappa shape index (κ3) is 2.91. The van der Waals surface area contributed by atoms with Crippen molar-refractivity contribution in [2.75, 3.05) is 25.4 Å². The quantitative estimate of drug-likeness (QED) is 0.649. The summed E-state index contributed by atoms with van der Waals surface area (Å²) in [6.07, 6.45) is 1.36. The van der Waals surface area contributed by atoms with Gasteiger partial charge in [-0.1, -0.05) is 0 Å². The molecule has 1 atom stereocenters. The molecule has 0 amide bonds. The number of hydrogen-bond donors (Lipinski definition) is 2. The molecule has 0 aromatic rings. The van der Waals surface area contributed by atoms with Crippen molar-refractivity contribution in [3.8, 4) is 0 Å². The molecule has 3 N–H and O–H groups in total. The highest BCUT2D eigenvalue weighted by Gasteiger charge is 2.33. The second kappa shape index (κ2) is 4.14. The Morgan fingerprint density at radius 2 is 2.21 bits per heavy atom. The Labute approximate surface area is 84.9 Å². The second-order valence-electron chi connectivity index (χ2n) is 4.04. The fourth-order valence-electron chi connectivity index (χ4n) is 1.69. The van der Waals surface area contributed by atoms with E-state index in [4.69, 9.17) is 5.73 Å². The molecule has 6 heteroatoms. The number of hydrogen-bond acceptors (Lipinski definition) is 4. The van der Waals surface area contributed by atoms with Gasteiger partial charge in [0.05, 0.1) is 11.4 Å². The zero-order valence-electron chi connectivity index (χ0n) is 8.44. The minimum atomic E-state index is -3.26. The summed E-state index contributed by atoms with van der Waals surface area (Å²) >= 11 is 0. The molecule has 0 aromatic heterocycles. The average Bonchev–Trinajstić information content (AvgIpc) is 2.02. The molecule has 0 spiro atoms. The molecule has 0 bridgehead atoms. The molecule has 5 nitrogen and oxygen atoms in total. The fourth-order valence-corrected chi connectivity index (χ4v) is 3.13. The van der Waals surface area contributed by atoms with E-state index >= 15 is 0 Å². The summed E-state index contributed by atoms with van der Waals surface area (Å²) in [6, 6.07) is 0. The lowest BCUT2D eigenvalue weighted by Gasteiger charge is -2.35. The number of aliphatic hydroxyl groups is 1. The molecular formula is C8H18N2O3S. The van der Waals surface area contributed by atoms with Crippen LogP contribution in [0.15, 0.2) is 0 Å². The Balaban J connectivity index is 2.69. The van der Waals surface area contributed by atoms with Gasteiger partial charge in [-0.15, -0.1) is 0 Å². The summed E-state index contributed by atoms with van der Waals surface area (Å²) in [7, 11) is -3.26. The maximum Gasteiger partial charge on any atom is 0.215 e. The normalized spacial score (nSPS) is 30.5. The van der Waals surface area contributed by atoms with Gasteiger partial charge in [0, 0.05) is 19.6 Å².